The van der Waals surface area contributed by atoms with Crippen molar-refractivity contribution in [2.24, 2.45) is 0 Å². The first-order valence-corrected chi connectivity index (χ1v) is 11.0. The van der Waals surface area contributed by atoms with Gasteiger partial charge in [0.05, 0.1) is 25.4 Å². The maximum absolute atomic E-state index is 12.9. The normalized spacial score (nSPS) is 12.1. The van der Waals surface area contributed by atoms with Crippen LogP contribution >= 0.6 is 23.1 Å². The quantitative estimate of drug-likeness (QED) is 0.247. The smallest absolute Gasteiger partial charge is 0.283 e. The molecule has 3 heterocycles. The van der Waals surface area contributed by atoms with Crippen LogP contribution in [0.1, 0.15) is 11.3 Å². The molecule has 0 bridgehead atoms. The molecule has 32 heavy (non-hydrogen) atoms. The van der Waals surface area contributed by atoms with E-state index < -0.39 is 4.92 Å². The summed E-state index contributed by atoms with van der Waals surface area (Å²) in [4.78, 5) is 47.9. The number of aromatic amines is 1. The lowest BCUT2D eigenvalue weighted by Gasteiger charge is -2.04. The van der Waals surface area contributed by atoms with Crippen LogP contribution in [0.2, 0.25) is 0 Å². The summed E-state index contributed by atoms with van der Waals surface area (Å²) in [5.41, 5.74) is 1.79. The maximum Gasteiger partial charge on any atom is 0.283 e. The third-order valence-corrected chi connectivity index (χ3v) is 6.60. The number of nitro groups is 1. The molecule has 0 spiro atoms. The van der Waals surface area contributed by atoms with Gasteiger partial charge >= 0.3 is 0 Å². The highest BCUT2D eigenvalue weighted by atomic mass is 32.2. The van der Waals surface area contributed by atoms with Gasteiger partial charge in [-0.2, -0.15) is 0 Å². The number of nitro benzene ring substituents is 1. The number of aromatic nitrogens is 4. The summed E-state index contributed by atoms with van der Waals surface area (Å²) in [6, 6.07) is 13.4. The SMILES string of the molecule is Cc1cc(=O)[nH]c(Sc2ccc(/C=c3/sc4nc5ccccc5n4c3=O)cc2[N+](=O)[O-])n1. The molecule has 11 heteroatoms. The molecule has 158 valence electrons. The van der Waals surface area contributed by atoms with Crippen LogP contribution in [-0.4, -0.2) is 24.3 Å². The van der Waals surface area contributed by atoms with Crippen molar-refractivity contribution in [2.45, 2.75) is 17.0 Å². The third kappa shape index (κ3) is 3.57. The number of benzene rings is 2. The Morgan fingerprint density at radius 1 is 1.16 bits per heavy atom. The van der Waals surface area contributed by atoms with E-state index >= 15 is 0 Å². The van der Waals surface area contributed by atoms with E-state index in [0.717, 1.165) is 22.8 Å². The molecule has 0 unspecified atom stereocenters. The summed E-state index contributed by atoms with van der Waals surface area (Å²) in [6.45, 7) is 1.67. The van der Waals surface area contributed by atoms with Crippen LogP contribution in [0.3, 0.4) is 0 Å². The molecule has 0 aliphatic carbocycles. The first-order chi connectivity index (χ1) is 15.4. The highest BCUT2D eigenvalue weighted by Gasteiger charge is 2.17. The Bertz CT molecular complexity index is 1700. The Hall–Kier alpha value is -3.83. The number of para-hydroxylation sites is 2. The van der Waals surface area contributed by atoms with Gasteiger partial charge < -0.3 is 4.98 Å². The molecule has 0 radical (unpaired) electrons. The Labute approximate surface area is 187 Å². The molecule has 3 aromatic heterocycles. The largest absolute Gasteiger partial charge is 0.301 e. The van der Waals surface area contributed by atoms with Gasteiger partial charge in [-0.05, 0) is 48.5 Å². The number of aryl methyl sites for hydroxylation is 1. The van der Waals surface area contributed by atoms with Crippen molar-refractivity contribution < 1.29 is 4.92 Å². The highest BCUT2D eigenvalue weighted by molar-refractivity contribution is 7.99. The third-order valence-electron chi connectivity index (χ3n) is 4.68. The molecule has 0 aliphatic rings. The number of imidazole rings is 1. The maximum atomic E-state index is 12.9. The average Bonchev–Trinajstić information content (AvgIpc) is 3.24. The second-order valence-corrected chi connectivity index (χ2v) is 8.95. The van der Waals surface area contributed by atoms with E-state index in [1.165, 1.54) is 23.5 Å². The number of nitrogens with one attached hydrogen (secondary N) is 1. The molecular weight excluding hydrogens is 450 g/mol. The number of thiazole rings is 1. The zero-order valence-corrected chi connectivity index (χ0v) is 18.1. The van der Waals surface area contributed by atoms with E-state index in [9.17, 15) is 19.7 Å². The Kier molecular flexibility index (Phi) is 4.83. The van der Waals surface area contributed by atoms with E-state index in [4.69, 9.17) is 0 Å². The van der Waals surface area contributed by atoms with Crippen molar-refractivity contribution in [3.05, 3.63) is 95.1 Å². The number of H-pyrrole nitrogens is 1. The van der Waals surface area contributed by atoms with Gasteiger partial charge in [-0.15, -0.1) is 0 Å². The summed E-state index contributed by atoms with van der Waals surface area (Å²) in [7, 11) is 0. The second-order valence-electron chi connectivity index (χ2n) is 6.91. The molecule has 5 aromatic rings. The predicted molar refractivity (Wildman–Crippen MR) is 122 cm³/mol. The molecule has 1 N–H and O–H groups in total. The first kappa shape index (κ1) is 20.1. The average molecular weight is 464 g/mol. The fourth-order valence-electron chi connectivity index (χ4n) is 3.32. The number of hydrogen-bond donors (Lipinski definition) is 1. The van der Waals surface area contributed by atoms with Crippen molar-refractivity contribution in [3.63, 3.8) is 0 Å². The highest BCUT2D eigenvalue weighted by Crippen LogP contribution is 2.33. The molecule has 0 atom stereocenters. The van der Waals surface area contributed by atoms with E-state index in [1.54, 1.807) is 29.5 Å². The number of nitrogens with zero attached hydrogens (tertiary/aromatic N) is 4. The summed E-state index contributed by atoms with van der Waals surface area (Å²) in [6.07, 6.45) is 1.62. The van der Waals surface area contributed by atoms with Crippen molar-refractivity contribution in [3.8, 4) is 0 Å². The van der Waals surface area contributed by atoms with Crippen molar-refractivity contribution in [1.29, 1.82) is 0 Å². The van der Waals surface area contributed by atoms with Gasteiger partial charge in [-0.25, -0.2) is 14.4 Å². The molecule has 0 aliphatic heterocycles. The molecule has 5 rings (SSSR count). The zero-order valence-electron chi connectivity index (χ0n) is 16.4. The first-order valence-electron chi connectivity index (χ1n) is 9.35. The fraction of sp³-hybridized carbons (Fsp3) is 0.0476. The van der Waals surface area contributed by atoms with Crippen LogP contribution in [0.5, 0.6) is 0 Å². The predicted octanol–water partition coefficient (Wildman–Crippen LogP) is 2.91. The monoisotopic (exact) mass is 463 g/mol. The van der Waals surface area contributed by atoms with Crippen LogP contribution in [0, 0.1) is 17.0 Å². The Balaban J connectivity index is 1.59. The minimum absolute atomic E-state index is 0.146. The fourth-order valence-corrected chi connectivity index (χ4v) is 5.23. The summed E-state index contributed by atoms with van der Waals surface area (Å²) >= 11 is 2.23. The summed E-state index contributed by atoms with van der Waals surface area (Å²) in [5.74, 6) is 0. The van der Waals surface area contributed by atoms with Crippen molar-refractivity contribution >= 4 is 50.9 Å². The van der Waals surface area contributed by atoms with Crippen LogP contribution in [0.15, 0.2) is 68.2 Å². The summed E-state index contributed by atoms with van der Waals surface area (Å²) in [5, 5.41) is 11.9. The molecule has 2 aromatic carbocycles. The van der Waals surface area contributed by atoms with Crippen LogP contribution < -0.4 is 15.7 Å². The molecule has 0 saturated heterocycles. The molecule has 0 fully saturated rings. The zero-order chi connectivity index (χ0) is 22.4. The van der Waals surface area contributed by atoms with Gasteiger partial charge in [0.15, 0.2) is 10.1 Å². The number of hydrogen-bond acceptors (Lipinski definition) is 8. The van der Waals surface area contributed by atoms with Gasteiger partial charge in [-0.1, -0.05) is 29.5 Å². The standard InChI is InChI=1S/C21H13N5O4S2/c1-11-8-18(27)24-20(22-11)31-16-7-6-12(9-15(16)26(29)30)10-17-19(28)25-14-5-3-2-4-13(14)23-21(25)32-17/h2-10H,1H3,(H,22,24,27)/b17-10+. The van der Waals surface area contributed by atoms with Crippen LogP contribution in [-0.2, 0) is 0 Å². The van der Waals surface area contributed by atoms with Gasteiger partial charge in [0.1, 0.15) is 0 Å². The van der Waals surface area contributed by atoms with E-state index in [0.29, 0.717) is 25.6 Å². The van der Waals surface area contributed by atoms with E-state index in [1.807, 2.05) is 24.3 Å². The molecule has 9 nitrogen and oxygen atoms in total. The summed E-state index contributed by atoms with van der Waals surface area (Å²) < 4.78 is 1.97. The minimum atomic E-state index is -0.500. The number of rotatable bonds is 4. The van der Waals surface area contributed by atoms with Crippen molar-refractivity contribution in [2.75, 3.05) is 0 Å². The van der Waals surface area contributed by atoms with Gasteiger partial charge in [0.25, 0.3) is 16.8 Å². The van der Waals surface area contributed by atoms with E-state index in [2.05, 4.69) is 15.0 Å². The topological polar surface area (TPSA) is 123 Å². The van der Waals surface area contributed by atoms with Gasteiger partial charge in [0.2, 0.25) is 0 Å². The molecular formula is C21H13N5O4S2. The van der Waals surface area contributed by atoms with Crippen molar-refractivity contribution in [1.82, 2.24) is 19.4 Å². The lowest BCUT2D eigenvalue weighted by molar-refractivity contribution is -0.387. The molecule has 0 saturated carbocycles. The Morgan fingerprint density at radius 3 is 2.75 bits per heavy atom. The lowest BCUT2D eigenvalue weighted by atomic mass is 10.2. The minimum Gasteiger partial charge on any atom is -0.301 e. The lowest BCUT2D eigenvalue weighted by Crippen LogP contribution is -2.22. The van der Waals surface area contributed by atoms with E-state index in [-0.39, 0.29) is 22.0 Å². The van der Waals surface area contributed by atoms with Gasteiger partial charge in [-0.3, -0.25) is 19.7 Å². The number of fused-ring (bicyclic) bond motifs is 3. The Morgan fingerprint density at radius 2 is 1.97 bits per heavy atom. The van der Waals surface area contributed by atoms with Crippen LogP contribution in [0.4, 0.5) is 5.69 Å². The molecule has 0 amide bonds. The van der Waals surface area contributed by atoms with Crippen LogP contribution in [0.25, 0.3) is 22.1 Å². The second kappa shape index (κ2) is 7.70. The van der Waals surface area contributed by atoms with Gasteiger partial charge in [0, 0.05) is 17.8 Å².